The molecule has 0 atom stereocenters. The number of carbonyl (C=O) groups excluding carboxylic acids is 3. The van der Waals surface area contributed by atoms with Crippen LogP contribution in [0.2, 0.25) is 0 Å². The molecule has 4 amide bonds. The summed E-state index contributed by atoms with van der Waals surface area (Å²) in [5.41, 5.74) is 0.343. The number of hydrogen-bond acceptors (Lipinski definition) is 6. The zero-order chi connectivity index (χ0) is 20.5. The number of aromatic amines is 1. The summed E-state index contributed by atoms with van der Waals surface area (Å²) in [6, 6.07) is 6.31. The normalized spacial score (nSPS) is 18.1. The van der Waals surface area contributed by atoms with Crippen LogP contribution in [0.25, 0.3) is 10.9 Å². The van der Waals surface area contributed by atoms with Crippen molar-refractivity contribution in [3.05, 3.63) is 40.4 Å². The summed E-state index contributed by atoms with van der Waals surface area (Å²) in [5.74, 6) is -1.09. The Hall–Kier alpha value is -3.07. The highest BCUT2D eigenvalue weighted by atomic mass is 16.2. The van der Waals surface area contributed by atoms with Crippen LogP contribution >= 0.6 is 0 Å². The largest absolute Gasteiger partial charge is 0.335 e. The number of H-pyrrole nitrogens is 1. The Morgan fingerprint density at radius 2 is 1.83 bits per heavy atom. The van der Waals surface area contributed by atoms with Gasteiger partial charge in [0.2, 0.25) is 0 Å². The van der Waals surface area contributed by atoms with Crippen LogP contribution in [0.1, 0.15) is 38.4 Å². The summed E-state index contributed by atoms with van der Waals surface area (Å²) in [7, 11) is 0. The van der Waals surface area contributed by atoms with Gasteiger partial charge in [-0.3, -0.25) is 24.2 Å². The van der Waals surface area contributed by atoms with Crippen LogP contribution in [0, 0.1) is 0 Å². The van der Waals surface area contributed by atoms with Crippen LogP contribution in [-0.4, -0.2) is 61.8 Å². The fourth-order valence-electron chi connectivity index (χ4n) is 4.01. The van der Waals surface area contributed by atoms with Gasteiger partial charge in [0, 0.05) is 6.04 Å². The lowest BCUT2D eigenvalue weighted by atomic mass is 10.2. The van der Waals surface area contributed by atoms with E-state index in [1.54, 1.807) is 29.2 Å². The molecule has 0 spiro atoms. The van der Waals surface area contributed by atoms with Gasteiger partial charge in [0.05, 0.1) is 24.1 Å². The summed E-state index contributed by atoms with van der Waals surface area (Å²) in [5, 5.41) is 0.502. The minimum atomic E-state index is -0.791. The Kier molecular flexibility index (Phi) is 5.14. The van der Waals surface area contributed by atoms with Gasteiger partial charge in [0.25, 0.3) is 5.56 Å². The molecule has 9 heteroatoms. The van der Waals surface area contributed by atoms with Crippen molar-refractivity contribution in [2.45, 2.75) is 45.2 Å². The van der Waals surface area contributed by atoms with Crippen LogP contribution in [0.5, 0.6) is 0 Å². The highest BCUT2D eigenvalue weighted by molar-refractivity contribution is 6.44. The van der Waals surface area contributed by atoms with Gasteiger partial charge in [-0.2, -0.15) is 0 Å². The van der Waals surface area contributed by atoms with Crippen molar-refractivity contribution >= 4 is 28.7 Å². The molecule has 2 aliphatic rings. The highest BCUT2D eigenvalue weighted by Crippen LogP contribution is 2.27. The Bertz CT molecular complexity index is 1030. The van der Waals surface area contributed by atoms with Crippen LogP contribution in [0.15, 0.2) is 29.1 Å². The van der Waals surface area contributed by atoms with Crippen molar-refractivity contribution in [3.63, 3.8) is 0 Å². The molecule has 152 valence electrons. The second kappa shape index (κ2) is 7.75. The van der Waals surface area contributed by atoms with Gasteiger partial charge in [-0.1, -0.05) is 31.9 Å². The number of nitrogens with zero attached hydrogens (tertiary/aromatic N) is 4. The first kappa shape index (κ1) is 19.3. The van der Waals surface area contributed by atoms with E-state index in [0.29, 0.717) is 23.3 Å². The van der Waals surface area contributed by atoms with Crippen molar-refractivity contribution < 1.29 is 14.4 Å². The molecule has 1 N–H and O–H groups in total. The first-order chi connectivity index (χ1) is 14.0. The number of hydrogen-bond donors (Lipinski definition) is 1. The summed E-state index contributed by atoms with van der Waals surface area (Å²) in [6.45, 7) is 2.59. The third-order valence-electron chi connectivity index (χ3n) is 5.60. The maximum Gasteiger partial charge on any atom is 0.335 e. The SMILES string of the molecule is CCN(Cc1nc2ccccc2c(=O)[nH]1)CN1C(=O)C(=O)N(C2CCCC2)C1=O. The van der Waals surface area contributed by atoms with Crippen molar-refractivity contribution in [3.8, 4) is 0 Å². The molecule has 1 saturated heterocycles. The standard InChI is InChI=1S/C20H23N5O4/c1-2-23(11-16-21-15-10-6-5-9-14(15)17(26)22-16)12-24-18(27)19(28)25(20(24)29)13-7-3-4-8-13/h5-6,9-10,13H,2-4,7-8,11-12H2,1H3,(H,21,22,26). The predicted molar refractivity (Wildman–Crippen MR) is 105 cm³/mol. The van der Waals surface area contributed by atoms with E-state index in [1.165, 1.54) is 0 Å². The van der Waals surface area contributed by atoms with E-state index >= 15 is 0 Å². The molecular formula is C20H23N5O4. The predicted octanol–water partition coefficient (Wildman–Crippen LogP) is 1.44. The Morgan fingerprint density at radius 1 is 1.10 bits per heavy atom. The average Bonchev–Trinajstić information content (AvgIpc) is 3.30. The lowest BCUT2D eigenvalue weighted by Crippen LogP contribution is -2.43. The van der Waals surface area contributed by atoms with Crippen LogP contribution in [0.4, 0.5) is 4.79 Å². The second-order valence-corrected chi connectivity index (χ2v) is 7.45. The lowest BCUT2D eigenvalue weighted by molar-refractivity contribution is -0.144. The molecule has 0 radical (unpaired) electrons. The molecule has 2 fully saturated rings. The molecule has 1 aromatic carbocycles. The summed E-state index contributed by atoms with van der Waals surface area (Å²) in [6.07, 6.45) is 3.41. The Labute approximate surface area is 167 Å². The van der Waals surface area contributed by atoms with E-state index in [2.05, 4.69) is 9.97 Å². The second-order valence-electron chi connectivity index (χ2n) is 7.45. The van der Waals surface area contributed by atoms with E-state index in [-0.39, 0.29) is 24.8 Å². The first-order valence-electron chi connectivity index (χ1n) is 9.89. The molecule has 1 aliphatic carbocycles. The lowest BCUT2D eigenvalue weighted by Gasteiger charge is -2.25. The van der Waals surface area contributed by atoms with E-state index < -0.39 is 17.8 Å². The summed E-state index contributed by atoms with van der Waals surface area (Å²) in [4.78, 5) is 60.9. The monoisotopic (exact) mass is 397 g/mol. The number of aromatic nitrogens is 2. The van der Waals surface area contributed by atoms with E-state index in [0.717, 1.165) is 35.5 Å². The van der Waals surface area contributed by atoms with Gasteiger partial charge in [0.1, 0.15) is 5.82 Å². The number of rotatable bonds is 6. The van der Waals surface area contributed by atoms with Gasteiger partial charge in [-0.25, -0.2) is 14.7 Å². The van der Waals surface area contributed by atoms with Gasteiger partial charge in [-0.05, 0) is 31.5 Å². The zero-order valence-electron chi connectivity index (χ0n) is 16.3. The number of nitrogens with one attached hydrogen (secondary N) is 1. The quantitative estimate of drug-likeness (QED) is 0.584. The van der Waals surface area contributed by atoms with Gasteiger partial charge in [-0.15, -0.1) is 0 Å². The number of benzene rings is 1. The third-order valence-corrected chi connectivity index (χ3v) is 5.60. The van der Waals surface area contributed by atoms with Crippen molar-refractivity contribution in [1.29, 1.82) is 0 Å². The maximum atomic E-state index is 12.8. The number of fused-ring (bicyclic) bond motifs is 1. The minimum absolute atomic E-state index is 0.0281. The first-order valence-corrected chi connectivity index (χ1v) is 9.89. The minimum Gasteiger partial charge on any atom is -0.309 e. The fraction of sp³-hybridized carbons (Fsp3) is 0.450. The maximum absolute atomic E-state index is 12.8. The molecular weight excluding hydrogens is 374 g/mol. The molecule has 1 saturated carbocycles. The van der Waals surface area contributed by atoms with E-state index in [1.807, 2.05) is 6.92 Å². The van der Waals surface area contributed by atoms with Gasteiger partial charge < -0.3 is 4.98 Å². The van der Waals surface area contributed by atoms with Crippen molar-refractivity contribution in [2.24, 2.45) is 0 Å². The van der Waals surface area contributed by atoms with E-state index in [4.69, 9.17) is 0 Å². The average molecular weight is 397 g/mol. The van der Waals surface area contributed by atoms with E-state index in [9.17, 15) is 19.2 Å². The van der Waals surface area contributed by atoms with Crippen molar-refractivity contribution in [2.75, 3.05) is 13.2 Å². The molecule has 29 heavy (non-hydrogen) atoms. The van der Waals surface area contributed by atoms with Crippen molar-refractivity contribution in [1.82, 2.24) is 24.7 Å². The highest BCUT2D eigenvalue weighted by Gasteiger charge is 2.48. The fourth-order valence-corrected chi connectivity index (χ4v) is 4.01. The number of para-hydroxylation sites is 1. The van der Waals surface area contributed by atoms with Gasteiger partial charge >= 0.3 is 17.8 Å². The topological polar surface area (TPSA) is 107 Å². The number of amides is 4. The molecule has 1 aromatic heterocycles. The summed E-state index contributed by atoms with van der Waals surface area (Å²) < 4.78 is 0. The molecule has 1 aliphatic heterocycles. The molecule has 0 unspecified atom stereocenters. The van der Waals surface area contributed by atoms with Gasteiger partial charge in [0.15, 0.2) is 0 Å². The zero-order valence-corrected chi connectivity index (χ0v) is 16.3. The number of urea groups is 1. The smallest absolute Gasteiger partial charge is 0.309 e. The van der Waals surface area contributed by atoms with Crippen LogP contribution < -0.4 is 5.56 Å². The molecule has 0 bridgehead atoms. The van der Waals surface area contributed by atoms with Crippen LogP contribution in [-0.2, 0) is 16.1 Å². The molecule has 2 heterocycles. The molecule has 2 aromatic rings. The summed E-state index contributed by atoms with van der Waals surface area (Å²) >= 11 is 0. The number of imide groups is 2. The van der Waals surface area contributed by atoms with Crippen LogP contribution in [0.3, 0.4) is 0 Å². The molecule has 4 rings (SSSR count). The number of carbonyl (C=O) groups is 3. The third kappa shape index (κ3) is 3.53. The Morgan fingerprint density at radius 3 is 2.55 bits per heavy atom. The Balaban J connectivity index is 1.52. The molecule has 9 nitrogen and oxygen atoms in total.